The normalized spacial score (nSPS) is 14.2. The van der Waals surface area contributed by atoms with Crippen LogP contribution < -0.4 is 19.7 Å². The molecule has 0 fully saturated rings. The minimum absolute atomic E-state index is 0.0297. The van der Waals surface area contributed by atoms with Crippen molar-refractivity contribution in [2.24, 2.45) is 0 Å². The Morgan fingerprint density at radius 3 is 2.15 bits per heavy atom. The minimum Gasteiger partial charge on any atom is -0.493 e. The van der Waals surface area contributed by atoms with Gasteiger partial charge in [0.1, 0.15) is 5.70 Å². The molecule has 7 heteroatoms. The van der Waals surface area contributed by atoms with Crippen molar-refractivity contribution in [2.75, 3.05) is 24.4 Å². The molecule has 1 aliphatic heterocycles. The molecule has 0 atom stereocenters. The zero-order valence-electron chi connectivity index (χ0n) is 19.3. The molecule has 0 bridgehead atoms. The van der Waals surface area contributed by atoms with Crippen molar-refractivity contribution in [1.82, 2.24) is 0 Å². The van der Waals surface area contributed by atoms with E-state index in [1.54, 1.807) is 32.4 Å². The zero-order valence-corrected chi connectivity index (χ0v) is 20.1. The van der Waals surface area contributed by atoms with E-state index < -0.39 is 5.91 Å². The van der Waals surface area contributed by atoms with Crippen molar-refractivity contribution in [3.8, 4) is 11.5 Å². The summed E-state index contributed by atoms with van der Waals surface area (Å²) in [7, 11) is 3.11. The van der Waals surface area contributed by atoms with Crippen molar-refractivity contribution >= 4 is 40.1 Å². The second-order valence-electron chi connectivity index (χ2n) is 8.66. The highest BCUT2D eigenvalue weighted by Gasteiger charge is 2.40. The molecule has 0 saturated carbocycles. The minimum atomic E-state index is -0.401. The lowest BCUT2D eigenvalue weighted by atomic mass is 9.87. The number of imide groups is 1. The van der Waals surface area contributed by atoms with Crippen LogP contribution in [0.2, 0.25) is 0 Å². The van der Waals surface area contributed by atoms with Crippen LogP contribution >= 0.6 is 11.3 Å². The fourth-order valence-corrected chi connectivity index (χ4v) is 4.47. The molecule has 0 spiro atoms. The number of methoxy groups -OCH3 is 2. The van der Waals surface area contributed by atoms with Gasteiger partial charge in [0.15, 0.2) is 11.5 Å². The molecular formula is C26H26N2O4S. The average Bonchev–Trinajstić information content (AvgIpc) is 3.40. The maximum atomic E-state index is 13.5. The molecule has 0 unspecified atom stereocenters. The maximum absolute atomic E-state index is 13.5. The Morgan fingerprint density at radius 1 is 0.879 bits per heavy atom. The lowest BCUT2D eigenvalue weighted by Gasteiger charge is -2.21. The Bertz CT molecular complexity index is 1220. The first-order valence-corrected chi connectivity index (χ1v) is 11.4. The second-order valence-corrected chi connectivity index (χ2v) is 9.61. The molecule has 1 aromatic heterocycles. The monoisotopic (exact) mass is 462 g/mol. The summed E-state index contributed by atoms with van der Waals surface area (Å²) in [6.07, 6.45) is 0. The fourth-order valence-electron chi connectivity index (χ4n) is 3.70. The van der Waals surface area contributed by atoms with E-state index in [4.69, 9.17) is 9.47 Å². The fraction of sp³-hybridized carbons (Fsp3) is 0.231. The van der Waals surface area contributed by atoms with Gasteiger partial charge in [-0.2, -0.15) is 0 Å². The second kappa shape index (κ2) is 8.75. The number of anilines is 2. The third-order valence-corrected chi connectivity index (χ3v) is 6.38. The topological polar surface area (TPSA) is 67.9 Å². The maximum Gasteiger partial charge on any atom is 0.282 e. The van der Waals surface area contributed by atoms with E-state index in [1.165, 1.54) is 16.2 Å². The molecule has 1 aliphatic rings. The first-order chi connectivity index (χ1) is 15.7. The summed E-state index contributed by atoms with van der Waals surface area (Å²) >= 11 is 1.41. The number of rotatable bonds is 6. The molecule has 0 radical (unpaired) electrons. The summed E-state index contributed by atoms with van der Waals surface area (Å²) in [6.45, 7) is 6.36. The van der Waals surface area contributed by atoms with E-state index >= 15 is 0 Å². The molecular weight excluding hydrogens is 436 g/mol. The van der Waals surface area contributed by atoms with E-state index in [9.17, 15) is 9.59 Å². The SMILES string of the molecule is COc1ccc(NC2=C(c3cccs3)C(=O)N(c3ccc(C(C)(C)C)cc3)C2=O)cc1OC. The first-order valence-electron chi connectivity index (χ1n) is 10.5. The summed E-state index contributed by atoms with van der Waals surface area (Å²) in [5, 5.41) is 5.04. The predicted octanol–water partition coefficient (Wildman–Crippen LogP) is 5.46. The molecule has 2 aromatic carbocycles. The highest BCUT2D eigenvalue weighted by molar-refractivity contribution is 7.11. The van der Waals surface area contributed by atoms with Crippen LogP contribution in [0.1, 0.15) is 31.2 Å². The van der Waals surface area contributed by atoms with Gasteiger partial charge in [-0.15, -0.1) is 11.3 Å². The number of benzene rings is 2. The largest absolute Gasteiger partial charge is 0.493 e. The van der Waals surface area contributed by atoms with Gasteiger partial charge in [-0.05, 0) is 46.7 Å². The van der Waals surface area contributed by atoms with Crippen LogP contribution in [0.15, 0.2) is 65.7 Å². The summed E-state index contributed by atoms with van der Waals surface area (Å²) in [4.78, 5) is 29.0. The number of hydrogen-bond acceptors (Lipinski definition) is 6. The lowest BCUT2D eigenvalue weighted by Crippen LogP contribution is -2.32. The summed E-state index contributed by atoms with van der Waals surface area (Å²) < 4.78 is 10.7. The molecule has 3 aromatic rings. The summed E-state index contributed by atoms with van der Waals surface area (Å²) in [5.74, 6) is 0.340. The van der Waals surface area contributed by atoms with Crippen molar-refractivity contribution < 1.29 is 19.1 Å². The van der Waals surface area contributed by atoms with Gasteiger partial charge < -0.3 is 14.8 Å². The van der Waals surface area contributed by atoms with Gasteiger partial charge in [-0.25, -0.2) is 4.90 Å². The molecule has 170 valence electrons. The van der Waals surface area contributed by atoms with Gasteiger partial charge >= 0.3 is 0 Å². The average molecular weight is 463 g/mol. The molecule has 2 heterocycles. The quantitative estimate of drug-likeness (QED) is 0.493. The Morgan fingerprint density at radius 2 is 1.58 bits per heavy atom. The smallest absolute Gasteiger partial charge is 0.282 e. The molecule has 1 N–H and O–H groups in total. The molecule has 0 saturated heterocycles. The van der Waals surface area contributed by atoms with Crippen LogP contribution in [0.5, 0.6) is 11.5 Å². The van der Waals surface area contributed by atoms with Gasteiger partial charge in [0.25, 0.3) is 11.8 Å². The number of thiophene rings is 1. The number of amides is 2. The highest BCUT2D eigenvalue weighted by Crippen LogP contribution is 2.37. The Balaban J connectivity index is 1.74. The number of ether oxygens (including phenoxy) is 2. The number of carbonyl (C=O) groups is 2. The third-order valence-electron chi connectivity index (χ3n) is 5.50. The van der Waals surface area contributed by atoms with Crippen LogP contribution in [-0.2, 0) is 15.0 Å². The van der Waals surface area contributed by atoms with Crippen molar-refractivity contribution in [1.29, 1.82) is 0 Å². The summed E-state index contributed by atoms with van der Waals surface area (Å²) in [6, 6.07) is 16.5. The van der Waals surface area contributed by atoms with Crippen LogP contribution in [0, 0.1) is 0 Å². The highest BCUT2D eigenvalue weighted by atomic mass is 32.1. The number of nitrogens with one attached hydrogen (secondary N) is 1. The first kappa shape index (κ1) is 22.6. The van der Waals surface area contributed by atoms with Crippen LogP contribution in [-0.4, -0.2) is 26.0 Å². The Labute approximate surface area is 197 Å². The van der Waals surface area contributed by atoms with Crippen LogP contribution in [0.3, 0.4) is 0 Å². The van der Waals surface area contributed by atoms with Gasteiger partial charge in [-0.3, -0.25) is 9.59 Å². The van der Waals surface area contributed by atoms with Crippen LogP contribution in [0.4, 0.5) is 11.4 Å². The Hall–Kier alpha value is -3.58. The predicted molar refractivity (Wildman–Crippen MR) is 132 cm³/mol. The van der Waals surface area contributed by atoms with E-state index in [2.05, 4.69) is 26.1 Å². The van der Waals surface area contributed by atoms with Crippen molar-refractivity contribution in [3.63, 3.8) is 0 Å². The molecule has 6 nitrogen and oxygen atoms in total. The van der Waals surface area contributed by atoms with E-state index in [1.807, 2.05) is 41.8 Å². The zero-order chi connectivity index (χ0) is 23.8. The molecule has 4 rings (SSSR count). The lowest BCUT2D eigenvalue weighted by molar-refractivity contribution is -0.120. The van der Waals surface area contributed by atoms with Crippen LogP contribution in [0.25, 0.3) is 5.57 Å². The van der Waals surface area contributed by atoms with Gasteiger partial charge in [0.2, 0.25) is 0 Å². The van der Waals surface area contributed by atoms with E-state index in [-0.39, 0.29) is 17.0 Å². The van der Waals surface area contributed by atoms with Gasteiger partial charge in [-0.1, -0.05) is 39.0 Å². The molecule has 2 amide bonds. The number of carbonyl (C=O) groups excluding carboxylic acids is 2. The molecule has 0 aliphatic carbocycles. The third kappa shape index (κ3) is 4.24. The standard InChI is InChI=1S/C26H26N2O4S/c1-26(2,3)16-8-11-18(12-9-16)28-24(29)22(21-7-6-14-33-21)23(25(28)30)27-17-10-13-19(31-4)20(15-17)32-5/h6-15,27H,1-5H3. The van der Waals surface area contributed by atoms with Crippen molar-refractivity contribution in [2.45, 2.75) is 26.2 Å². The van der Waals surface area contributed by atoms with Gasteiger partial charge in [0, 0.05) is 16.6 Å². The van der Waals surface area contributed by atoms with Gasteiger partial charge in [0.05, 0.1) is 25.5 Å². The Kier molecular flexibility index (Phi) is 5.99. The van der Waals surface area contributed by atoms with E-state index in [0.717, 1.165) is 10.4 Å². The van der Waals surface area contributed by atoms with E-state index in [0.29, 0.717) is 28.4 Å². The number of nitrogens with zero attached hydrogens (tertiary/aromatic N) is 1. The number of hydrogen-bond donors (Lipinski definition) is 1. The molecule has 33 heavy (non-hydrogen) atoms. The van der Waals surface area contributed by atoms with Crippen molar-refractivity contribution in [3.05, 3.63) is 76.1 Å². The summed E-state index contributed by atoms with van der Waals surface area (Å²) in [5.41, 5.74) is 2.83.